The van der Waals surface area contributed by atoms with Gasteiger partial charge in [-0.25, -0.2) is 0 Å². The van der Waals surface area contributed by atoms with E-state index < -0.39 is 0 Å². The molecule has 120 valence electrons. The summed E-state index contributed by atoms with van der Waals surface area (Å²) in [5.41, 5.74) is -0.0810. The molecule has 1 rings (SSSR count). The molecule has 1 aliphatic carbocycles. The Kier molecular flexibility index (Phi) is 8.08. The van der Waals surface area contributed by atoms with E-state index in [1.54, 1.807) is 0 Å². The van der Waals surface area contributed by atoms with Crippen molar-refractivity contribution in [3.05, 3.63) is 0 Å². The molecule has 0 saturated heterocycles. The van der Waals surface area contributed by atoms with Crippen LogP contribution in [0.15, 0.2) is 0 Å². The first-order valence-electron chi connectivity index (χ1n) is 8.58. The van der Waals surface area contributed by atoms with Crippen molar-refractivity contribution in [1.29, 1.82) is 0 Å². The summed E-state index contributed by atoms with van der Waals surface area (Å²) in [5, 5.41) is 13.3. The topological polar surface area (TPSA) is 35.5 Å². The number of nitrogens with zero attached hydrogens (tertiary/aromatic N) is 1. The molecule has 2 N–H and O–H groups in total. The summed E-state index contributed by atoms with van der Waals surface area (Å²) < 4.78 is 0. The van der Waals surface area contributed by atoms with Gasteiger partial charge < -0.3 is 15.3 Å². The van der Waals surface area contributed by atoms with E-state index in [1.165, 1.54) is 32.2 Å². The predicted molar refractivity (Wildman–Crippen MR) is 87.1 cm³/mol. The first-order valence-corrected chi connectivity index (χ1v) is 8.58. The standard InChI is InChI=1S/C17H36N2O/c1-5-17(14-20,18-15(2)3)11-8-12-19(4)13-16-9-6-7-10-16/h15-16,18,20H,5-14H2,1-4H3. The molecule has 1 fully saturated rings. The SMILES string of the molecule is CCC(CO)(CCCN(C)CC1CCCC1)NC(C)C. The zero-order valence-electron chi connectivity index (χ0n) is 14.1. The molecule has 0 aromatic heterocycles. The van der Waals surface area contributed by atoms with Gasteiger partial charge in [-0.05, 0) is 51.6 Å². The van der Waals surface area contributed by atoms with Crippen LogP contribution in [0.3, 0.4) is 0 Å². The predicted octanol–water partition coefficient (Wildman–Crippen LogP) is 3.03. The Labute approximate surface area is 126 Å². The van der Waals surface area contributed by atoms with Crippen LogP contribution in [0.4, 0.5) is 0 Å². The van der Waals surface area contributed by atoms with E-state index in [4.69, 9.17) is 0 Å². The van der Waals surface area contributed by atoms with Crippen LogP contribution in [-0.2, 0) is 0 Å². The van der Waals surface area contributed by atoms with Crippen LogP contribution in [0, 0.1) is 5.92 Å². The maximum atomic E-state index is 9.74. The molecule has 20 heavy (non-hydrogen) atoms. The molecule has 0 aliphatic heterocycles. The first kappa shape index (κ1) is 17.9. The van der Waals surface area contributed by atoms with Crippen LogP contribution in [0.25, 0.3) is 0 Å². The fraction of sp³-hybridized carbons (Fsp3) is 1.00. The van der Waals surface area contributed by atoms with Gasteiger partial charge in [0.1, 0.15) is 0 Å². The molecular formula is C17H36N2O. The van der Waals surface area contributed by atoms with Gasteiger partial charge in [-0.2, -0.15) is 0 Å². The summed E-state index contributed by atoms with van der Waals surface area (Å²) in [6.45, 7) is 9.15. The van der Waals surface area contributed by atoms with Gasteiger partial charge in [-0.1, -0.05) is 33.6 Å². The van der Waals surface area contributed by atoms with Crippen molar-refractivity contribution in [2.75, 3.05) is 26.7 Å². The second-order valence-electron chi connectivity index (χ2n) is 7.11. The van der Waals surface area contributed by atoms with Gasteiger partial charge in [-0.3, -0.25) is 0 Å². The van der Waals surface area contributed by atoms with Gasteiger partial charge in [0.2, 0.25) is 0 Å². The Morgan fingerprint density at radius 1 is 1.30 bits per heavy atom. The molecule has 3 nitrogen and oxygen atoms in total. The highest BCUT2D eigenvalue weighted by Crippen LogP contribution is 2.25. The molecule has 0 spiro atoms. The van der Waals surface area contributed by atoms with E-state index in [0.717, 1.165) is 31.7 Å². The van der Waals surface area contributed by atoms with Gasteiger partial charge in [0.15, 0.2) is 0 Å². The van der Waals surface area contributed by atoms with E-state index >= 15 is 0 Å². The molecule has 0 aromatic carbocycles. The molecule has 0 aromatic rings. The summed E-state index contributed by atoms with van der Waals surface area (Å²) >= 11 is 0. The monoisotopic (exact) mass is 284 g/mol. The number of nitrogens with one attached hydrogen (secondary N) is 1. The Balaban J connectivity index is 2.28. The minimum atomic E-state index is -0.0810. The second-order valence-corrected chi connectivity index (χ2v) is 7.11. The maximum absolute atomic E-state index is 9.74. The molecular weight excluding hydrogens is 248 g/mol. The number of aliphatic hydroxyl groups excluding tert-OH is 1. The highest BCUT2D eigenvalue weighted by Gasteiger charge is 2.27. The van der Waals surface area contributed by atoms with Crippen molar-refractivity contribution in [2.45, 2.75) is 77.3 Å². The third-order valence-electron chi connectivity index (χ3n) is 4.81. The van der Waals surface area contributed by atoms with Gasteiger partial charge in [0.25, 0.3) is 0 Å². The quantitative estimate of drug-likeness (QED) is 0.647. The van der Waals surface area contributed by atoms with E-state index in [0.29, 0.717) is 6.04 Å². The van der Waals surface area contributed by atoms with E-state index in [9.17, 15) is 5.11 Å². The summed E-state index contributed by atoms with van der Waals surface area (Å²) in [6.07, 6.45) is 8.93. The average Bonchev–Trinajstić information content (AvgIpc) is 2.89. The molecule has 0 radical (unpaired) electrons. The number of hydrogen-bond acceptors (Lipinski definition) is 3. The summed E-state index contributed by atoms with van der Waals surface area (Å²) in [6, 6.07) is 0.429. The normalized spacial score (nSPS) is 19.9. The van der Waals surface area contributed by atoms with E-state index in [-0.39, 0.29) is 12.1 Å². The number of rotatable bonds is 10. The molecule has 0 heterocycles. The summed E-state index contributed by atoms with van der Waals surface area (Å²) in [4.78, 5) is 2.49. The lowest BCUT2D eigenvalue weighted by molar-refractivity contribution is 0.130. The third kappa shape index (κ3) is 6.11. The highest BCUT2D eigenvalue weighted by molar-refractivity contribution is 4.87. The third-order valence-corrected chi connectivity index (χ3v) is 4.81. The summed E-state index contributed by atoms with van der Waals surface area (Å²) in [7, 11) is 2.25. The van der Waals surface area contributed by atoms with Gasteiger partial charge in [-0.15, -0.1) is 0 Å². The Morgan fingerprint density at radius 2 is 1.95 bits per heavy atom. The van der Waals surface area contributed by atoms with Crippen LogP contribution in [0.5, 0.6) is 0 Å². The zero-order chi connectivity index (χ0) is 15.0. The van der Waals surface area contributed by atoms with Crippen LogP contribution >= 0.6 is 0 Å². The van der Waals surface area contributed by atoms with Crippen LogP contribution in [0.1, 0.15) is 65.7 Å². The molecule has 1 saturated carbocycles. The molecule has 0 amide bonds. The molecule has 3 heteroatoms. The minimum absolute atomic E-state index is 0.0810. The van der Waals surface area contributed by atoms with Crippen molar-refractivity contribution in [3.8, 4) is 0 Å². The zero-order valence-corrected chi connectivity index (χ0v) is 14.1. The van der Waals surface area contributed by atoms with Crippen LogP contribution in [0.2, 0.25) is 0 Å². The fourth-order valence-electron chi connectivity index (χ4n) is 3.61. The van der Waals surface area contributed by atoms with Crippen molar-refractivity contribution in [3.63, 3.8) is 0 Å². The van der Waals surface area contributed by atoms with Gasteiger partial charge in [0, 0.05) is 18.1 Å². The second kappa shape index (κ2) is 9.01. The lowest BCUT2D eigenvalue weighted by atomic mass is 9.90. The van der Waals surface area contributed by atoms with Crippen LogP contribution in [-0.4, -0.2) is 48.3 Å². The average molecular weight is 284 g/mol. The van der Waals surface area contributed by atoms with Crippen LogP contribution < -0.4 is 5.32 Å². The van der Waals surface area contributed by atoms with Crippen molar-refractivity contribution in [2.24, 2.45) is 5.92 Å². The number of aliphatic hydroxyl groups is 1. The Morgan fingerprint density at radius 3 is 2.45 bits per heavy atom. The molecule has 0 bridgehead atoms. The summed E-state index contributed by atoms with van der Waals surface area (Å²) in [5.74, 6) is 0.933. The molecule has 1 atom stereocenters. The first-order chi connectivity index (χ1) is 9.51. The number of hydrogen-bond donors (Lipinski definition) is 2. The Hall–Kier alpha value is -0.120. The van der Waals surface area contributed by atoms with Crippen molar-refractivity contribution >= 4 is 0 Å². The van der Waals surface area contributed by atoms with E-state index in [1.807, 2.05) is 0 Å². The molecule has 1 aliphatic rings. The van der Waals surface area contributed by atoms with E-state index in [2.05, 4.69) is 38.0 Å². The Bertz CT molecular complexity index is 245. The van der Waals surface area contributed by atoms with Crippen molar-refractivity contribution < 1.29 is 5.11 Å². The fourth-order valence-corrected chi connectivity index (χ4v) is 3.61. The smallest absolute Gasteiger partial charge is 0.0613 e. The lowest BCUT2D eigenvalue weighted by Crippen LogP contribution is -2.51. The largest absolute Gasteiger partial charge is 0.394 e. The van der Waals surface area contributed by atoms with Crippen molar-refractivity contribution in [1.82, 2.24) is 10.2 Å². The van der Waals surface area contributed by atoms with Gasteiger partial charge in [0.05, 0.1) is 6.61 Å². The lowest BCUT2D eigenvalue weighted by Gasteiger charge is -2.35. The maximum Gasteiger partial charge on any atom is 0.0613 e. The highest BCUT2D eigenvalue weighted by atomic mass is 16.3. The molecule has 1 unspecified atom stereocenters. The minimum Gasteiger partial charge on any atom is -0.394 e. The van der Waals surface area contributed by atoms with Gasteiger partial charge >= 0.3 is 0 Å².